The summed E-state index contributed by atoms with van der Waals surface area (Å²) in [6.45, 7) is 3.45. The van der Waals surface area contributed by atoms with Crippen molar-refractivity contribution >= 4 is 45.5 Å². The van der Waals surface area contributed by atoms with Crippen molar-refractivity contribution in [1.29, 1.82) is 0 Å². The van der Waals surface area contributed by atoms with Crippen molar-refractivity contribution in [2.24, 2.45) is 0 Å². The number of ether oxygens (including phenoxy) is 1. The summed E-state index contributed by atoms with van der Waals surface area (Å²) < 4.78 is 20.2. The number of halogens is 2. The van der Waals surface area contributed by atoms with Crippen molar-refractivity contribution in [3.05, 3.63) is 64.0 Å². The SMILES string of the molecule is CC[C@@H](C)Oc1ccc(/C=C2/NC(=O)N(CC(=O)Nc3ccccc3F)C2=O)cc1Br. The van der Waals surface area contributed by atoms with E-state index in [0.29, 0.717) is 15.8 Å². The summed E-state index contributed by atoms with van der Waals surface area (Å²) in [5.74, 6) is -1.28. The molecule has 9 heteroatoms. The fourth-order valence-electron chi connectivity index (χ4n) is 2.78. The Morgan fingerprint density at radius 1 is 1.29 bits per heavy atom. The zero-order valence-corrected chi connectivity index (χ0v) is 18.5. The van der Waals surface area contributed by atoms with Crippen LogP contribution in [0.25, 0.3) is 6.08 Å². The third kappa shape index (κ3) is 5.49. The van der Waals surface area contributed by atoms with Crippen LogP contribution in [0, 0.1) is 5.82 Å². The van der Waals surface area contributed by atoms with Gasteiger partial charge in [0.05, 0.1) is 16.3 Å². The molecule has 1 atom stereocenters. The number of amides is 4. The van der Waals surface area contributed by atoms with Crippen molar-refractivity contribution in [3.8, 4) is 5.75 Å². The highest BCUT2D eigenvalue weighted by Gasteiger charge is 2.35. The van der Waals surface area contributed by atoms with Crippen LogP contribution in [0.3, 0.4) is 0 Å². The Hall–Kier alpha value is -3.20. The quantitative estimate of drug-likeness (QED) is 0.448. The Labute approximate surface area is 187 Å². The summed E-state index contributed by atoms with van der Waals surface area (Å²) in [6.07, 6.45) is 2.42. The molecule has 1 fully saturated rings. The van der Waals surface area contributed by atoms with Crippen molar-refractivity contribution in [1.82, 2.24) is 10.2 Å². The van der Waals surface area contributed by atoms with E-state index in [1.165, 1.54) is 24.3 Å². The predicted octanol–water partition coefficient (Wildman–Crippen LogP) is 4.30. The van der Waals surface area contributed by atoms with Crippen LogP contribution in [0.15, 0.2) is 52.6 Å². The van der Waals surface area contributed by atoms with Gasteiger partial charge in [-0.2, -0.15) is 0 Å². The molecule has 4 amide bonds. The first-order valence-electron chi connectivity index (χ1n) is 9.63. The van der Waals surface area contributed by atoms with Crippen LogP contribution in [0.2, 0.25) is 0 Å². The van der Waals surface area contributed by atoms with E-state index in [0.717, 1.165) is 11.3 Å². The number of anilines is 1. The van der Waals surface area contributed by atoms with Gasteiger partial charge in [0.1, 0.15) is 23.8 Å². The van der Waals surface area contributed by atoms with Gasteiger partial charge < -0.3 is 15.4 Å². The lowest BCUT2D eigenvalue weighted by atomic mass is 10.2. The number of hydrogen-bond donors (Lipinski definition) is 2. The number of carbonyl (C=O) groups excluding carboxylic acids is 3. The van der Waals surface area contributed by atoms with Gasteiger partial charge in [-0.05, 0) is 65.2 Å². The van der Waals surface area contributed by atoms with E-state index in [-0.39, 0.29) is 17.5 Å². The Kier molecular flexibility index (Phi) is 7.06. The first kappa shape index (κ1) is 22.5. The maximum absolute atomic E-state index is 13.7. The normalized spacial score (nSPS) is 15.7. The second-order valence-corrected chi connectivity index (χ2v) is 7.79. The first-order chi connectivity index (χ1) is 14.8. The second-order valence-electron chi connectivity index (χ2n) is 6.93. The molecule has 1 saturated heterocycles. The van der Waals surface area contributed by atoms with Crippen LogP contribution in [0.1, 0.15) is 25.8 Å². The smallest absolute Gasteiger partial charge is 0.329 e. The molecule has 31 heavy (non-hydrogen) atoms. The van der Waals surface area contributed by atoms with Crippen LogP contribution in [-0.4, -0.2) is 35.4 Å². The molecule has 2 aromatic carbocycles. The summed E-state index contributed by atoms with van der Waals surface area (Å²) in [7, 11) is 0. The molecule has 7 nitrogen and oxygen atoms in total. The number of nitrogens with zero attached hydrogens (tertiary/aromatic N) is 1. The zero-order valence-electron chi connectivity index (χ0n) is 16.9. The Bertz CT molecular complexity index is 1060. The average Bonchev–Trinajstić information content (AvgIpc) is 2.99. The maximum Gasteiger partial charge on any atom is 0.329 e. The van der Waals surface area contributed by atoms with Gasteiger partial charge in [-0.3, -0.25) is 9.59 Å². The van der Waals surface area contributed by atoms with E-state index in [1.807, 2.05) is 13.8 Å². The molecule has 2 N–H and O–H groups in total. The molecule has 162 valence electrons. The molecule has 1 aliphatic rings. The van der Waals surface area contributed by atoms with Gasteiger partial charge in [0, 0.05) is 0 Å². The van der Waals surface area contributed by atoms with Crippen LogP contribution in [-0.2, 0) is 9.59 Å². The van der Waals surface area contributed by atoms with Crippen LogP contribution in [0.5, 0.6) is 5.75 Å². The average molecular weight is 490 g/mol. The molecule has 0 aliphatic carbocycles. The summed E-state index contributed by atoms with van der Waals surface area (Å²) in [4.78, 5) is 37.7. The molecule has 0 unspecified atom stereocenters. The van der Waals surface area contributed by atoms with Gasteiger partial charge >= 0.3 is 6.03 Å². The molecule has 0 saturated carbocycles. The fourth-order valence-corrected chi connectivity index (χ4v) is 3.27. The number of urea groups is 1. The Balaban J connectivity index is 1.69. The number of para-hydroxylation sites is 1. The van der Waals surface area contributed by atoms with E-state index in [9.17, 15) is 18.8 Å². The van der Waals surface area contributed by atoms with E-state index in [4.69, 9.17) is 4.74 Å². The van der Waals surface area contributed by atoms with Gasteiger partial charge in [0.25, 0.3) is 5.91 Å². The lowest BCUT2D eigenvalue weighted by Gasteiger charge is -2.14. The molecule has 1 heterocycles. The summed E-state index contributed by atoms with van der Waals surface area (Å²) in [6, 6.07) is 10.2. The van der Waals surface area contributed by atoms with Crippen molar-refractivity contribution in [2.75, 3.05) is 11.9 Å². The van der Waals surface area contributed by atoms with Gasteiger partial charge in [-0.25, -0.2) is 14.1 Å². The molecule has 2 aromatic rings. The third-order valence-electron chi connectivity index (χ3n) is 4.58. The van der Waals surface area contributed by atoms with Crippen molar-refractivity contribution in [3.63, 3.8) is 0 Å². The summed E-state index contributed by atoms with van der Waals surface area (Å²) in [5, 5.41) is 4.81. The monoisotopic (exact) mass is 489 g/mol. The Morgan fingerprint density at radius 2 is 2.03 bits per heavy atom. The molecule has 0 spiro atoms. The van der Waals surface area contributed by atoms with Crippen LogP contribution >= 0.6 is 15.9 Å². The summed E-state index contributed by atoms with van der Waals surface area (Å²) in [5.41, 5.74) is 0.663. The number of imide groups is 1. The number of nitrogens with one attached hydrogen (secondary N) is 2. The highest BCUT2D eigenvalue weighted by Crippen LogP contribution is 2.28. The van der Waals surface area contributed by atoms with Crippen LogP contribution < -0.4 is 15.4 Å². The minimum absolute atomic E-state index is 0.0279. The minimum atomic E-state index is -0.726. The molecule has 1 aliphatic heterocycles. The topological polar surface area (TPSA) is 87.7 Å². The van der Waals surface area contributed by atoms with Gasteiger partial charge in [-0.1, -0.05) is 25.1 Å². The van der Waals surface area contributed by atoms with Gasteiger partial charge in [0.15, 0.2) is 0 Å². The van der Waals surface area contributed by atoms with Crippen LogP contribution in [0.4, 0.5) is 14.9 Å². The summed E-state index contributed by atoms with van der Waals surface area (Å²) >= 11 is 3.44. The predicted molar refractivity (Wildman–Crippen MR) is 118 cm³/mol. The lowest BCUT2D eigenvalue weighted by Crippen LogP contribution is -2.38. The lowest BCUT2D eigenvalue weighted by molar-refractivity contribution is -0.127. The Morgan fingerprint density at radius 3 is 2.71 bits per heavy atom. The van der Waals surface area contributed by atoms with E-state index in [1.54, 1.807) is 24.3 Å². The molecule has 0 radical (unpaired) electrons. The first-order valence-corrected chi connectivity index (χ1v) is 10.4. The highest BCUT2D eigenvalue weighted by atomic mass is 79.9. The van der Waals surface area contributed by atoms with Gasteiger partial charge in [0.2, 0.25) is 5.91 Å². The molecule has 0 bridgehead atoms. The van der Waals surface area contributed by atoms with Crippen molar-refractivity contribution in [2.45, 2.75) is 26.4 Å². The minimum Gasteiger partial charge on any atom is -0.490 e. The molecule has 3 rings (SSSR count). The van der Waals surface area contributed by atoms with Gasteiger partial charge in [-0.15, -0.1) is 0 Å². The standard InChI is InChI=1S/C22H21BrFN3O4/c1-3-13(2)31-19-9-8-14(10-15(19)23)11-18-21(29)27(22(30)26-18)12-20(28)25-17-7-5-4-6-16(17)24/h4-11,13H,3,12H2,1-2H3,(H,25,28)(H,26,30)/b18-11+/t13-/m1/s1. The van der Waals surface area contributed by atoms with E-state index >= 15 is 0 Å². The molecular formula is C22H21BrFN3O4. The fraction of sp³-hybridized carbons (Fsp3) is 0.227. The number of carbonyl (C=O) groups is 3. The number of rotatable bonds is 7. The highest BCUT2D eigenvalue weighted by molar-refractivity contribution is 9.10. The number of benzene rings is 2. The number of hydrogen-bond acceptors (Lipinski definition) is 4. The zero-order chi connectivity index (χ0) is 22.5. The molecule has 0 aromatic heterocycles. The van der Waals surface area contributed by atoms with E-state index < -0.39 is 30.2 Å². The molecular weight excluding hydrogens is 469 g/mol. The van der Waals surface area contributed by atoms with Crippen molar-refractivity contribution < 1.29 is 23.5 Å². The largest absolute Gasteiger partial charge is 0.490 e. The second kappa shape index (κ2) is 9.74. The van der Waals surface area contributed by atoms with E-state index in [2.05, 4.69) is 26.6 Å². The third-order valence-corrected chi connectivity index (χ3v) is 5.20. The maximum atomic E-state index is 13.7.